The quantitative estimate of drug-likeness (QED) is 0.380. The van der Waals surface area contributed by atoms with Crippen LogP contribution in [0.25, 0.3) is 6.08 Å². The maximum absolute atomic E-state index is 12.9. The number of urea groups is 1. The summed E-state index contributed by atoms with van der Waals surface area (Å²) in [7, 11) is 0. The van der Waals surface area contributed by atoms with E-state index in [2.05, 4.69) is 27.8 Å². The first kappa shape index (κ1) is 21.0. The van der Waals surface area contributed by atoms with E-state index in [-0.39, 0.29) is 16.8 Å². The Morgan fingerprint density at radius 2 is 1.87 bits per heavy atom. The summed E-state index contributed by atoms with van der Waals surface area (Å²) < 4.78 is 6.07. The molecule has 0 atom stereocenters. The third-order valence-corrected chi connectivity index (χ3v) is 4.72. The summed E-state index contributed by atoms with van der Waals surface area (Å²) in [5.74, 6) is -2.23. The van der Waals surface area contributed by atoms with Crippen molar-refractivity contribution >= 4 is 51.5 Å². The first-order valence-electron chi connectivity index (χ1n) is 8.60. The molecule has 3 rings (SSSR count). The Morgan fingerprint density at radius 1 is 1.17 bits per heavy atom. The molecule has 0 bridgehead atoms. The Balaban J connectivity index is 1.93. The second-order valence-electron chi connectivity index (χ2n) is 6.10. The van der Waals surface area contributed by atoms with Crippen LogP contribution in [0.4, 0.5) is 10.5 Å². The number of carbonyl (C=O) groups excluding carboxylic acids is 3. The van der Waals surface area contributed by atoms with Gasteiger partial charge in [-0.1, -0.05) is 18.7 Å². The van der Waals surface area contributed by atoms with E-state index >= 15 is 0 Å². The number of imide groups is 2. The molecule has 152 valence electrons. The van der Waals surface area contributed by atoms with Crippen LogP contribution in [-0.2, 0) is 9.59 Å². The molecule has 0 aliphatic carbocycles. The van der Waals surface area contributed by atoms with E-state index in [4.69, 9.17) is 9.84 Å². The molecule has 1 aliphatic rings. The van der Waals surface area contributed by atoms with Gasteiger partial charge in [-0.15, -0.1) is 0 Å². The van der Waals surface area contributed by atoms with Crippen LogP contribution < -0.4 is 15.0 Å². The zero-order valence-electron chi connectivity index (χ0n) is 15.4. The molecule has 2 N–H and O–H groups in total. The number of anilines is 1. The van der Waals surface area contributed by atoms with Crippen molar-refractivity contribution in [2.75, 3.05) is 11.5 Å². The minimum Gasteiger partial charge on any atom is -0.488 e. The van der Waals surface area contributed by atoms with Crippen molar-refractivity contribution in [1.29, 1.82) is 0 Å². The van der Waals surface area contributed by atoms with Gasteiger partial charge in [0.2, 0.25) is 0 Å². The van der Waals surface area contributed by atoms with E-state index in [0.29, 0.717) is 22.4 Å². The summed E-state index contributed by atoms with van der Waals surface area (Å²) in [6.07, 6.45) is 2.95. The van der Waals surface area contributed by atoms with E-state index in [1.807, 2.05) is 0 Å². The molecule has 2 aromatic carbocycles. The van der Waals surface area contributed by atoms with Crippen LogP contribution in [0.1, 0.15) is 15.9 Å². The summed E-state index contributed by atoms with van der Waals surface area (Å²) in [6.45, 7) is 3.89. The number of hydrogen-bond acceptors (Lipinski definition) is 5. The molecule has 0 unspecified atom stereocenters. The molecule has 0 spiro atoms. The zero-order valence-corrected chi connectivity index (χ0v) is 17.0. The van der Waals surface area contributed by atoms with Crippen molar-refractivity contribution in [2.24, 2.45) is 0 Å². The van der Waals surface area contributed by atoms with E-state index < -0.39 is 23.8 Å². The smallest absolute Gasteiger partial charge is 0.335 e. The number of carbonyl (C=O) groups is 4. The number of rotatable bonds is 6. The maximum Gasteiger partial charge on any atom is 0.335 e. The van der Waals surface area contributed by atoms with Crippen molar-refractivity contribution in [2.45, 2.75) is 0 Å². The van der Waals surface area contributed by atoms with Gasteiger partial charge >= 0.3 is 12.0 Å². The summed E-state index contributed by atoms with van der Waals surface area (Å²) in [5, 5.41) is 11.1. The van der Waals surface area contributed by atoms with Gasteiger partial charge in [0.15, 0.2) is 0 Å². The molecule has 1 aliphatic heterocycles. The lowest BCUT2D eigenvalue weighted by molar-refractivity contribution is -0.122. The van der Waals surface area contributed by atoms with Crippen LogP contribution in [0.15, 0.2) is 65.2 Å². The highest BCUT2D eigenvalue weighted by Gasteiger charge is 2.36. The first-order chi connectivity index (χ1) is 14.3. The normalized spacial score (nSPS) is 15.2. The molecule has 2 aromatic rings. The largest absolute Gasteiger partial charge is 0.488 e. The molecule has 9 heteroatoms. The lowest BCUT2D eigenvalue weighted by Crippen LogP contribution is -2.54. The second kappa shape index (κ2) is 8.75. The predicted molar refractivity (Wildman–Crippen MR) is 112 cm³/mol. The van der Waals surface area contributed by atoms with Crippen molar-refractivity contribution in [3.05, 3.63) is 76.3 Å². The number of ether oxygens (including phenoxy) is 1. The number of hydrogen-bond donors (Lipinski definition) is 2. The van der Waals surface area contributed by atoms with Gasteiger partial charge in [0.25, 0.3) is 11.8 Å². The second-order valence-corrected chi connectivity index (χ2v) is 6.95. The van der Waals surface area contributed by atoms with Crippen molar-refractivity contribution in [3.63, 3.8) is 0 Å². The van der Waals surface area contributed by atoms with Crippen LogP contribution in [-0.4, -0.2) is 35.5 Å². The average molecular weight is 471 g/mol. The zero-order chi connectivity index (χ0) is 21.8. The van der Waals surface area contributed by atoms with Gasteiger partial charge in [-0.2, -0.15) is 0 Å². The van der Waals surface area contributed by atoms with Crippen LogP contribution in [0.2, 0.25) is 0 Å². The Morgan fingerprint density at radius 3 is 2.47 bits per heavy atom. The number of aromatic carboxylic acids is 1. The third-order valence-electron chi connectivity index (χ3n) is 4.10. The van der Waals surface area contributed by atoms with Crippen LogP contribution in [0.5, 0.6) is 5.75 Å². The van der Waals surface area contributed by atoms with Gasteiger partial charge in [-0.25, -0.2) is 14.5 Å². The highest BCUT2D eigenvalue weighted by Crippen LogP contribution is 2.28. The van der Waals surface area contributed by atoms with E-state index in [1.54, 1.807) is 24.3 Å². The van der Waals surface area contributed by atoms with Crippen LogP contribution in [0, 0.1) is 0 Å². The Bertz CT molecular complexity index is 1090. The Hall–Kier alpha value is -3.72. The minimum atomic E-state index is -1.14. The number of carboxylic acid groups (broad SMARTS) is 1. The third kappa shape index (κ3) is 4.31. The molecule has 1 fully saturated rings. The number of barbiturate groups is 1. The maximum atomic E-state index is 12.9. The molecule has 4 amide bonds. The molecular formula is C21H15BrN2O6. The van der Waals surface area contributed by atoms with Crippen molar-refractivity contribution in [3.8, 4) is 5.75 Å². The van der Waals surface area contributed by atoms with Gasteiger partial charge < -0.3 is 9.84 Å². The average Bonchev–Trinajstić information content (AvgIpc) is 2.70. The van der Waals surface area contributed by atoms with Gasteiger partial charge in [-0.3, -0.25) is 14.9 Å². The highest BCUT2D eigenvalue weighted by atomic mass is 79.9. The van der Waals surface area contributed by atoms with Gasteiger partial charge in [0, 0.05) is 0 Å². The standard InChI is InChI=1S/C21H15BrN2O6/c1-2-9-30-17-8-3-12(11-16(17)22)10-15-18(25)23-21(29)24(19(15)26)14-6-4-13(5-7-14)20(27)28/h2-8,10-11H,1,9H2,(H,27,28)(H,23,25,29)/b15-10+. The molecule has 0 saturated carbocycles. The van der Waals surface area contributed by atoms with Crippen LogP contribution >= 0.6 is 15.9 Å². The van der Waals surface area contributed by atoms with Gasteiger partial charge in [-0.05, 0) is 64.0 Å². The van der Waals surface area contributed by atoms with E-state index in [9.17, 15) is 19.2 Å². The molecular weight excluding hydrogens is 456 g/mol. The molecule has 30 heavy (non-hydrogen) atoms. The van der Waals surface area contributed by atoms with E-state index in [0.717, 1.165) is 4.90 Å². The number of nitrogens with zero attached hydrogens (tertiary/aromatic N) is 1. The number of carboxylic acids is 1. The van der Waals surface area contributed by atoms with Crippen molar-refractivity contribution in [1.82, 2.24) is 5.32 Å². The topological polar surface area (TPSA) is 113 Å². The summed E-state index contributed by atoms with van der Waals surface area (Å²) in [4.78, 5) is 49.1. The molecule has 8 nitrogen and oxygen atoms in total. The minimum absolute atomic E-state index is 0.000860. The Labute approximate surface area is 179 Å². The molecule has 1 saturated heterocycles. The number of halogens is 1. The number of amides is 4. The van der Waals surface area contributed by atoms with Crippen molar-refractivity contribution < 1.29 is 29.0 Å². The van der Waals surface area contributed by atoms with Gasteiger partial charge in [0.05, 0.1) is 15.7 Å². The number of benzene rings is 2. The van der Waals surface area contributed by atoms with Gasteiger partial charge in [0.1, 0.15) is 17.9 Å². The lowest BCUT2D eigenvalue weighted by atomic mass is 10.1. The lowest BCUT2D eigenvalue weighted by Gasteiger charge is -2.26. The Kier molecular flexibility index (Phi) is 6.12. The SMILES string of the molecule is C=CCOc1ccc(/C=C2\C(=O)NC(=O)N(c3ccc(C(=O)O)cc3)C2=O)cc1Br. The van der Waals surface area contributed by atoms with Crippen LogP contribution in [0.3, 0.4) is 0 Å². The number of nitrogens with one attached hydrogen (secondary N) is 1. The summed E-state index contributed by atoms with van der Waals surface area (Å²) in [5.41, 5.74) is 0.416. The first-order valence-corrected chi connectivity index (χ1v) is 9.39. The summed E-state index contributed by atoms with van der Waals surface area (Å²) in [6, 6.07) is 9.22. The molecule has 0 radical (unpaired) electrons. The fraction of sp³-hybridized carbons (Fsp3) is 0.0476. The fourth-order valence-corrected chi connectivity index (χ4v) is 3.20. The fourth-order valence-electron chi connectivity index (χ4n) is 2.68. The predicted octanol–water partition coefficient (Wildman–Crippen LogP) is 3.38. The summed E-state index contributed by atoms with van der Waals surface area (Å²) >= 11 is 3.36. The highest BCUT2D eigenvalue weighted by molar-refractivity contribution is 9.10. The molecule has 1 heterocycles. The molecule has 0 aromatic heterocycles. The van der Waals surface area contributed by atoms with E-state index in [1.165, 1.54) is 30.3 Å². The monoisotopic (exact) mass is 470 g/mol.